The fourth-order valence-electron chi connectivity index (χ4n) is 2.40. The predicted molar refractivity (Wildman–Crippen MR) is 91.4 cm³/mol. The molecule has 2 aromatic rings. The molecule has 0 aliphatic rings. The average Bonchev–Trinajstić information content (AvgIpc) is 2.39. The Morgan fingerprint density at radius 2 is 1.43 bits per heavy atom. The second kappa shape index (κ2) is 7.97. The minimum Gasteiger partial charge on any atom is -0.207 e. The Kier molecular flexibility index (Phi) is 6.61. The number of halogens is 1. The Morgan fingerprint density at radius 3 is 1.86 bits per heavy atom. The molecule has 0 heterocycles. The zero-order chi connectivity index (χ0) is 16.0. The molecule has 0 atom stereocenters. The van der Waals surface area contributed by atoms with Crippen molar-refractivity contribution in [1.29, 1.82) is 0 Å². The van der Waals surface area contributed by atoms with E-state index in [9.17, 15) is 4.39 Å². The summed E-state index contributed by atoms with van der Waals surface area (Å²) in [6.45, 7) is 12.3. The maximum atomic E-state index is 14.1. The van der Waals surface area contributed by atoms with Gasteiger partial charge in [-0.05, 0) is 48.1 Å². The monoisotopic (exact) mass is 286 g/mol. The van der Waals surface area contributed by atoms with Crippen molar-refractivity contribution in [3.05, 3.63) is 58.9 Å². The van der Waals surface area contributed by atoms with Crippen molar-refractivity contribution in [2.45, 2.75) is 53.9 Å². The number of hydrogen-bond acceptors (Lipinski definition) is 0. The maximum absolute atomic E-state index is 14.1. The lowest BCUT2D eigenvalue weighted by Crippen LogP contribution is -1.98. The average molecular weight is 286 g/mol. The van der Waals surface area contributed by atoms with Gasteiger partial charge in [-0.2, -0.15) is 0 Å². The lowest BCUT2D eigenvalue weighted by Gasteiger charge is -2.13. The lowest BCUT2D eigenvalue weighted by atomic mass is 9.93. The molecule has 0 bridgehead atoms. The quantitative estimate of drug-likeness (QED) is 0.579. The van der Waals surface area contributed by atoms with Crippen molar-refractivity contribution < 1.29 is 4.39 Å². The number of aryl methyl sites for hydroxylation is 2. The fraction of sp³-hybridized carbons (Fsp3) is 0.400. The van der Waals surface area contributed by atoms with E-state index >= 15 is 0 Å². The molecule has 21 heavy (non-hydrogen) atoms. The van der Waals surface area contributed by atoms with Gasteiger partial charge in [0.05, 0.1) is 0 Å². The van der Waals surface area contributed by atoms with Crippen molar-refractivity contribution in [2.24, 2.45) is 0 Å². The van der Waals surface area contributed by atoms with Gasteiger partial charge in [-0.3, -0.25) is 0 Å². The molecule has 2 aromatic carbocycles. The minimum atomic E-state index is -0.0967. The van der Waals surface area contributed by atoms with Gasteiger partial charge in [0.25, 0.3) is 0 Å². The first-order chi connectivity index (χ1) is 9.90. The molecular formula is C20H27F. The molecule has 0 saturated heterocycles. The highest BCUT2D eigenvalue weighted by atomic mass is 19.1. The smallest absolute Gasteiger partial charge is 0.127 e. The van der Waals surface area contributed by atoms with Crippen molar-refractivity contribution >= 4 is 0 Å². The van der Waals surface area contributed by atoms with Crippen molar-refractivity contribution in [3.8, 4) is 11.1 Å². The van der Waals surface area contributed by atoms with Gasteiger partial charge in [0.2, 0.25) is 0 Å². The normalized spacial score (nSPS) is 10.3. The summed E-state index contributed by atoms with van der Waals surface area (Å²) >= 11 is 0. The molecule has 0 amide bonds. The summed E-state index contributed by atoms with van der Waals surface area (Å²) in [6.07, 6.45) is 1.25. The van der Waals surface area contributed by atoms with Crippen LogP contribution in [0.1, 0.15) is 56.7 Å². The minimum absolute atomic E-state index is 0.0967. The topological polar surface area (TPSA) is 0 Å². The van der Waals surface area contributed by atoms with Crippen LogP contribution < -0.4 is 0 Å². The zero-order valence-electron chi connectivity index (χ0n) is 14.1. The van der Waals surface area contributed by atoms with E-state index in [-0.39, 0.29) is 11.7 Å². The molecule has 114 valence electrons. The van der Waals surface area contributed by atoms with Crippen LogP contribution in [-0.4, -0.2) is 0 Å². The molecule has 0 aliphatic heterocycles. The number of benzene rings is 2. The first kappa shape index (κ1) is 17.4. The van der Waals surface area contributed by atoms with E-state index in [1.807, 2.05) is 32.9 Å². The molecule has 0 unspecified atom stereocenters. The van der Waals surface area contributed by atoms with Gasteiger partial charge >= 0.3 is 0 Å². The Hall–Kier alpha value is -1.63. The summed E-state index contributed by atoms with van der Waals surface area (Å²) in [5.41, 5.74) is 5.09. The summed E-state index contributed by atoms with van der Waals surface area (Å²) in [6, 6.07) is 11.9. The Bertz CT molecular complexity index is 542. The highest BCUT2D eigenvalue weighted by molar-refractivity contribution is 5.65. The van der Waals surface area contributed by atoms with E-state index < -0.39 is 0 Å². The van der Waals surface area contributed by atoms with E-state index in [1.165, 1.54) is 12.0 Å². The summed E-state index contributed by atoms with van der Waals surface area (Å²) in [7, 11) is 0. The van der Waals surface area contributed by atoms with Crippen LogP contribution in [0.25, 0.3) is 11.1 Å². The van der Waals surface area contributed by atoms with Crippen LogP contribution in [0.2, 0.25) is 0 Å². The van der Waals surface area contributed by atoms with Gasteiger partial charge < -0.3 is 0 Å². The molecule has 0 N–H and O–H groups in total. The second-order valence-corrected chi connectivity index (χ2v) is 5.92. The van der Waals surface area contributed by atoms with E-state index in [1.54, 1.807) is 6.07 Å². The van der Waals surface area contributed by atoms with E-state index in [0.717, 1.165) is 22.3 Å². The van der Waals surface area contributed by atoms with Crippen LogP contribution in [0.4, 0.5) is 4.39 Å². The van der Waals surface area contributed by atoms with Crippen LogP contribution in [0, 0.1) is 19.7 Å². The summed E-state index contributed by atoms with van der Waals surface area (Å²) in [4.78, 5) is 0. The van der Waals surface area contributed by atoms with Crippen LogP contribution in [0.5, 0.6) is 0 Å². The second-order valence-electron chi connectivity index (χ2n) is 5.92. The van der Waals surface area contributed by atoms with Gasteiger partial charge in [-0.1, -0.05) is 70.0 Å². The van der Waals surface area contributed by atoms with E-state index in [2.05, 4.69) is 39.0 Å². The zero-order valence-corrected chi connectivity index (χ0v) is 14.1. The SMILES string of the molecule is CCC.Cc1ccc(-c2cc(C)c(C(C)C)c(F)c2)cc1. The van der Waals surface area contributed by atoms with Gasteiger partial charge in [-0.15, -0.1) is 0 Å². The summed E-state index contributed by atoms with van der Waals surface area (Å²) in [5, 5.41) is 0. The van der Waals surface area contributed by atoms with Gasteiger partial charge in [-0.25, -0.2) is 4.39 Å². The third-order valence-corrected chi connectivity index (χ3v) is 3.30. The summed E-state index contributed by atoms with van der Waals surface area (Å²) < 4.78 is 14.1. The highest BCUT2D eigenvalue weighted by Gasteiger charge is 2.12. The molecule has 0 aromatic heterocycles. The molecule has 0 saturated carbocycles. The number of hydrogen-bond donors (Lipinski definition) is 0. The van der Waals surface area contributed by atoms with Crippen molar-refractivity contribution in [1.82, 2.24) is 0 Å². The third kappa shape index (κ3) is 4.70. The first-order valence-electron chi connectivity index (χ1n) is 7.77. The molecule has 0 aliphatic carbocycles. The molecule has 1 heteroatoms. The third-order valence-electron chi connectivity index (χ3n) is 3.30. The Morgan fingerprint density at radius 1 is 0.905 bits per heavy atom. The molecular weight excluding hydrogens is 259 g/mol. The molecule has 0 spiro atoms. The summed E-state index contributed by atoms with van der Waals surface area (Å²) in [5.74, 6) is 0.123. The lowest BCUT2D eigenvalue weighted by molar-refractivity contribution is 0.596. The molecule has 0 radical (unpaired) electrons. The van der Waals surface area contributed by atoms with Crippen LogP contribution in [0.15, 0.2) is 36.4 Å². The van der Waals surface area contributed by atoms with Gasteiger partial charge in [0.1, 0.15) is 5.82 Å². The Labute approximate surface area is 129 Å². The van der Waals surface area contributed by atoms with Crippen molar-refractivity contribution in [2.75, 3.05) is 0 Å². The predicted octanol–water partition coefficient (Wildman–Crippen LogP) is 6.65. The molecule has 0 fully saturated rings. The number of rotatable bonds is 2. The Balaban J connectivity index is 0.000000677. The molecule has 2 rings (SSSR count). The fourth-order valence-corrected chi connectivity index (χ4v) is 2.40. The van der Waals surface area contributed by atoms with Crippen LogP contribution in [0.3, 0.4) is 0 Å². The standard InChI is InChI=1S/C17H19F.C3H8/c1-11(2)17-13(4)9-15(10-16(17)18)14-7-5-12(3)6-8-14;1-3-2/h5-11H,1-4H3;3H2,1-2H3. The maximum Gasteiger partial charge on any atom is 0.127 e. The van der Waals surface area contributed by atoms with Crippen LogP contribution in [-0.2, 0) is 0 Å². The van der Waals surface area contributed by atoms with Crippen molar-refractivity contribution in [3.63, 3.8) is 0 Å². The van der Waals surface area contributed by atoms with Gasteiger partial charge in [0.15, 0.2) is 0 Å². The first-order valence-corrected chi connectivity index (χ1v) is 7.77. The molecule has 0 nitrogen and oxygen atoms in total. The highest BCUT2D eigenvalue weighted by Crippen LogP contribution is 2.29. The van der Waals surface area contributed by atoms with Gasteiger partial charge in [0, 0.05) is 0 Å². The largest absolute Gasteiger partial charge is 0.207 e. The van der Waals surface area contributed by atoms with E-state index in [4.69, 9.17) is 0 Å². The van der Waals surface area contributed by atoms with E-state index in [0.29, 0.717) is 0 Å². The van der Waals surface area contributed by atoms with Crippen LogP contribution >= 0.6 is 0 Å².